The summed E-state index contributed by atoms with van der Waals surface area (Å²) in [6, 6.07) is 12.3. The maximum Gasteiger partial charge on any atom is 0.253 e. The number of unbranched alkanes of at least 4 members (excludes halogenated alkanes) is 2. The summed E-state index contributed by atoms with van der Waals surface area (Å²) in [5, 5.41) is 9.34. The van der Waals surface area contributed by atoms with E-state index in [1.807, 2.05) is 12.1 Å². The smallest absolute Gasteiger partial charge is 0.253 e. The molecule has 0 aliphatic heterocycles. The number of phenolic OH excluding ortho intramolecular Hbond substituents is 1. The second-order valence-electron chi connectivity index (χ2n) is 6.56. The third-order valence-electron chi connectivity index (χ3n) is 4.43. The normalized spacial score (nSPS) is 10.5. The highest BCUT2D eigenvalue weighted by Gasteiger charge is 2.15. The first-order chi connectivity index (χ1) is 13.0. The van der Waals surface area contributed by atoms with E-state index in [0.717, 1.165) is 31.2 Å². The van der Waals surface area contributed by atoms with Crippen LogP contribution in [0.15, 0.2) is 42.5 Å². The maximum absolute atomic E-state index is 12.7. The summed E-state index contributed by atoms with van der Waals surface area (Å²) in [5.41, 5.74) is 1.65. The number of carbonyl (C=O) groups excluding carboxylic acids is 1. The number of methoxy groups -OCH3 is 1. The zero-order valence-corrected chi connectivity index (χ0v) is 16.4. The van der Waals surface area contributed by atoms with Gasteiger partial charge in [0.15, 0.2) is 11.5 Å². The predicted molar refractivity (Wildman–Crippen MR) is 107 cm³/mol. The summed E-state index contributed by atoms with van der Waals surface area (Å²) in [4.78, 5) is 14.4. The first-order valence-corrected chi connectivity index (χ1v) is 9.39. The van der Waals surface area contributed by atoms with Gasteiger partial charge in [-0.15, -0.1) is 0 Å². The molecule has 0 saturated carbocycles. The molecule has 0 radical (unpaired) electrons. The Balaban J connectivity index is 1.99. The molecule has 0 aromatic heterocycles. The summed E-state index contributed by atoms with van der Waals surface area (Å²) in [6.07, 6.45) is 3.94. The van der Waals surface area contributed by atoms with Crippen LogP contribution in [0, 0.1) is 0 Å². The van der Waals surface area contributed by atoms with Crippen LogP contribution in [0.1, 0.15) is 42.1 Å². The second-order valence-corrected chi connectivity index (χ2v) is 6.56. The molecule has 5 nitrogen and oxygen atoms in total. The Hall–Kier alpha value is -2.69. The van der Waals surface area contributed by atoms with Crippen LogP contribution in [0.5, 0.6) is 17.2 Å². The van der Waals surface area contributed by atoms with Crippen molar-refractivity contribution in [1.82, 2.24) is 4.90 Å². The van der Waals surface area contributed by atoms with Gasteiger partial charge in [-0.1, -0.05) is 31.9 Å². The van der Waals surface area contributed by atoms with E-state index >= 15 is 0 Å². The van der Waals surface area contributed by atoms with E-state index in [1.54, 1.807) is 49.4 Å². The highest BCUT2D eigenvalue weighted by molar-refractivity contribution is 5.94. The molecular weight excluding hydrogens is 342 g/mol. The number of amides is 1. The average Bonchev–Trinajstić information content (AvgIpc) is 2.69. The topological polar surface area (TPSA) is 59.0 Å². The van der Waals surface area contributed by atoms with Crippen molar-refractivity contribution in [3.8, 4) is 17.2 Å². The zero-order valence-electron chi connectivity index (χ0n) is 16.4. The van der Waals surface area contributed by atoms with Crippen molar-refractivity contribution < 1.29 is 19.4 Å². The fraction of sp³-hybridized carbons (Fsp3) is 0.409. The van der Waals surface area contributed by atoms with Gasteiger partial charge in [0.05, 0.1) is 13.7 Å². The van der Waals surface area contributed by atoms with Gasteiger partial charge < -0.3 is 19.5 Å². The first-order valence-electron chi connectivity index (χ1n) is 9.39. The van der Waals surface area contributed by atoms with Crippen LogP contribution in [-0.4, -0.2) is 43.2 Å². The van der Waals surface area contributed by atoms with E-state index in [-0.39, 0.29) is 11.7 Å². The Labute approximate surface area is 161 Å². The molecule has 0 aliphatic rings. The van der Waals surface area contributed by atoms with Gasteiger partial charge in [0.1, 0.15) is 5.75 Å². The van der Waals surface area contributed by atoms with Gasteiger partial charge in [0, 0.05) is 19.2 Å². The quantitative estimate of drug-likeness (QED) is 0.633. The molecule has 0 spiro atoms. The van der Waals surface area contributed by atoms with Crippen LogP contribution in [0.4, 0.5) is 0 Å². The number of benzene rings is 2. The van der Waals surface area contributed by atoms with Gasteiger partial charge >= 0.3 is 0 Å². The minimum atomic E-state index is -0.0603. The minimum absolute atomic E-state index is 0.0603. The van der Waals surface area contributed by atoms with Crippen LogP contribution in [0.25, 0.3) is 0 Å². The van der Waals surface area contributed by atoms with Crippen molar-refractivity contribution in [2.45, 2.75) is 32.6 Å². The van der Waals surface area contributed by atoms with E-state index in [1.165, 1.54) is 0 Å². The van der Waals surface area contributed by atoms with Crippen molar-refractivity contribution in [2.24, 2.45) is 0 Å². The predicted octanol–water partition coefficient (Wildman–Crippen LogP) is 4.28. The molecular formula is C22H29NO4. The molecule has 1 amide bonds. The summed E-state index contributed by atoms with van der Waals surface area (Å²) in [7, 11) is 3.38. The molecule has 146 valence electrons. The Morgan fingerprint density at radius 2 is 1.81 bits per heavy atom. The molecule has 5 heteroatoms. The highest BCUT2D eigenvalue weighted by Crippen LogP contribution is 2.28. The molecule has 1 N–H and O–H groups in total. The number of rotatable bonds is 10. The minimum Gasteiger partial charge on any atom is -0.508 e. The largest absolute Gasteiger partial charge is 0.508 e. The molecule has 0 fully saturated rings. The fourth-order valence-corrected chi connectivity index (χ4v) is 2.74. The second kappa shape index (κ2) is 10.5. The lowest BCUT2D eigenvalue weighted by atomic mass is 10.1. The molecule has 2 aromatic rings. The standard InChI is InChI=1S/C22H29NO4/c1-4-5-6-15-27-21-16-18(9-12-20(21)26-3)22(25)23(2)14-13-17-7-10-19(24)11-8-17/h7-12,16,24H,4-6,13-15H2,1-3H3. The van der Waals surface area contributed by atoms with Crippen LogP contribution in [-0.2, 0) is 6.42 Å². The molecule has 0 aliphatic carbocycles. The number of likely N-dealkylation sites (N-methyl/N-ethyl adjacent to an activating group) is 1. The van der Waals surface area contributed by atoms with Crippen molar-refractivity contribution in [3.05, 3.63) is 53.6 Å². The Morgan fingerprint density at radius 1 is 1.07 bits per heavy atom. The number of carbonyl (C=O) groups is 1. The van der Waals surface area contributed by atoms with Gasteiger partial charge in [0.25, 0.3) is 5.91 Å². The van der Waals surface area contributed by atoms with Crippen LogP contribution < -0.4 is 9.47 Å². The van der Waals surface area contributed by atoms with E-state index in [2.05, 4.69) is 6.92 Å². The third kappa shape index (κ3) is 6.20. The summed E-state index contributed by atoms with van der Waals surface area (Å²) >= 11 is 0. The lowest BCUT2D eigenvalue weighted by Crippen LogP contribution is -2.28. The van der Waals surface area contributed by atoms with E-state index in [0.29, 0.717) is 30.2 Å². The number of hydrogen-bond donors (Lipinski definition) is 1. The number of phenols is 1. The summed E-state index contributed by atoms with van der Waals surface area (Å²) in [5.74, 6) is 1.42. The van der Waals surface area contributed by atoms with E-state index in [4.69, 9.17) is 9.47 Å². The maximum atomic E-state index is 12.7. The Bertz CT molecular complexity index is 728. The Morgan fingerprint density at radius 3 is 2.48 bits per heavy atom. The number of nitrogens with zero attached hydrogens (tertiary/aromatic N) is 1. The molecule has 0 saturated heterocycles. The van der Waals surface area contributed by atoms with Crippen LogP contribution in [0.3, 0.4) is 0 Å². The fourth-order valence-electron chi connectivity index (χ4n) is 2.74. The zero-order chi connectivity index (χ0) is 19.6. The van der Waals surface area contributed by atoms with Crippen LogP contribution in [0.2, 0.25) is 0 Å². The first kappa shape index (κ1) is 20.6. The number of aromatic hydroxyl groups is 1. The molecule has 0 unspecified atom stereocenters. The molecule has 0 bridgehead atoms. The number of ether oxygens (including phenoxy) is 2. The lowest BCUT2D eigenvalue weighted by Gasteiger charge is -2.18. The monoisotopic (exact) mass is 371 g/mol. The van der Waals surface area contributed by atoms with Crippen molar-refractivity contribution >= 4 is 5.91 Å². The van der Waals surface area contributed by atoms with Crippen molar-refractivity contribution in [3.63, 3.8) is 0 Å². The molecule has 2 aromatic carbocycles. The lowest BCUT2D eigenvalue weighted by molar-refractivity contribution is 0.0796. The highest BCUT2D eigenvalue weighted by atomic mass is 16.5. The molecule has 2 rings (SSSR count). The number of hydrogen-bond acceptors (Lipinski definition) is 4. The van der Waals surface area contributed by atoms with Gasteiger partial charge in [-0.05, 0) is 48.7 Å². The summed E-state index contributed by atoms with van der Waals surface area (Å²) in [6.45, 7) is 3.34. The molecule has 0 heterocycles. The van der Waals surface area contributed by atoms with Gasteiger partial charge in [-0.3, -0.25) is 4.79 Å². The van der Waals surface area contributed by atoms with Gasteiger partial charge in [-0.2, -0.15) is 0 Å². The van der Waals surface area contributed by atoms with Gasteiger partial charge in [-0.25, -0.2) is 0 Å². The van der Waals surface area contributed by atoms with Crippen molar-refractivity contribution in [2.75, 3.05) is 27.3 Å². The third-order valence-corrected chi connectivity index (χ3v) is 4.43. The Kier molecular flexibility index (Phi) is 7.99. The SMILES string of the molecule is CCCCCOc1cc(C(=O)N(C)CCc2ccc(O)cc2)ccc1OC. The van der Waals surface area contributed by atoms with Crippen molar-refractivity contribution in [1.29, 1.82) is 0 Å². The van der Waals surface area contributed by atoms with Crippen LogP contribution >= 0.6 is 0 Å². The molecule has 0 atom stereocenters. The van der Waals surface area contributed by atoms with E-state index < -0.39 is 0 Å². The van der Waals surface area contributed by atoms with E-state index in [9.17, 15) is 9.90 Å². The molecule has 27 heavy (non-hydrogen) atoms. The average molecular weight is 371 g/mol. The van der Waals surface area contributed by atoms with Gasteiger partial charge in [0.2, 0.25) is 0 Å². The summed E-state index contributed by atoms with van der Waals surface area (Å²) < 4.78 is 11.2.